The zero-order chi connectivity index (χ0) is 30.0. The maximum absolute atomic E-state index is 13.1. The molecule has 0 aromatic heterocycles. The van der Waals surface area contributed by atoms with Crippen LogP contribution in [0.2, 0.25) is 0 Å². The highest BCUT2D eigenvalue weighted by atomic mass is 16.5. The van der Waals surface area contributed by atoms with Gasteiger partial charge in [-0.15, -0.1) is 0 Å². The summed E-state index contributed by atoms with van der Waals surface area (Å²) < 4.78 is 5.90. The molecule has 0 amide bonds. The van der Waals surface area contributed by atoms with Crippen LogP contribution in [0.25, 0.3) is 0 Å². The zero-order valence-corrected chi connectivity index (χ0v) is 23.9. The first-order chi connectivity index (χ1) is 21.0. The van der Waals surface area contributed by atoms with Gasteiger partial charge in [0.05, 0.1) is 12.6 Å². The van der Waals surface area contributed by atoms with Gasteiger partial charge in [0.1, 0.15) is 11.8 Å². The van der Waals surface area contributed by atoms with E-state index < -0.39 is 12.0 Å². The Hall–Kier alpha value is -4.75. The molecule has 0 radical (unpaired) electrons. The van der Waals surface area contributed by atoms with Gasteiger partial charge >= 0.3 is 5.97 Å². The predicted octanol–water partition coefficient (Wildman–Crippen LogP) is 6.05. The van der Waals surface area contributed by atoms with Gasteiger partial charge in [0.15, 0.2) is 11.6 Å². The van der Waals surface area contributed by atoms with E-state index in [1.807, 2.05) is 60.7 Å². The summed E-state index contributed by atoms with van der Waals surface area (Å²) in [5.74, 6) is 0.0742. The first-order valence-corrected chi connectivity index (χ1v) is 14.7. The Morgan fingerprint density at radius 3 is 2.07 bits per heavy atom. The number of rotatable bonds is 16. The molecular weight excluding hydrogens is 540 g/mol. The summed E-state index contributed by atoms with van der Waals surface area (Å²) >= 11 is 0. The summed E-state index contributed by atoms with van der Waals surface area (Å²) in [6, 6.07) is 31.6. The fourth-order valence-corrected chi connectivity index (χ4v) is 5.10. The van der Waals surface area contributed by atoms with Gasteiger partial charge in [-0.25, -0.2) is 4.79 Å². The summed E-state index contributed by atoms with van der Waals surface area (Å²) in [6.45, 7) is 1.17. The van der Waals surface area contributed by atoms with Crippen molar-refractivity contribution in [2.45, 2.75) is 37.8 Å². The molecule has 7 heteroatoms. The first kappa shape index (κ1) is 29.7. The van der Waals surface area contributed by atoms with E-state index in [1.165, 1.54) is 0 Å². The number of hydrogen-bond acceptors (Lipinski definition) is 6. The highest BCUT2D eigenvalue weighted by molar-refractivity contribution is 6.12. The van der Waals surface area contributed by atoms with Crippen molar-refractivity contribution >= 4 is 23.2 Å². The van der Waals surface area contributed by atoms with Gasteiger partial charge in [-0.1, -0.05) is 84.9 Å². The first-order valence-electron chi connectivity index (χ1n) is 14.7. The number of carbonyl (C=O) groups excluding carboxylic acids is 2. The van der Waals surface area contributed by atoms with Crippen molar-refractivity contribution in [1.29, 1.82) is 0 Å². The molecule has 1 fully saturated rings. The monoisotopic (exact) mass is 576 g/mol. The molecule has 4 aromatic carbocycles. The highest BCUT2D eigenvalue weighted by Crippen LogP contribution is 2.34. The van der Waals surface area contributed by atoms with Crippen LogP contribution in [0, 0.1) is 5.92 Å². The lowest BCUT2D eigenvalue weighted by atomic mass is 10.00. The number of para-hydroxylation sites is 1. The van der Waals surface area contributed by atoms with E-state index >= 15 is 0 Å². The normalized spacial score (nSPS) is 14.0. The third kappa shape index (κ3) is 8.17. The van der Waals surface area contributed by atoms with Crippen molar-refractivity contribution in [1.82, 2.24) is 5.32 Å². The van der Waals surface area contributed by atoms with Gasteiger partial charge in [-0.05, 0) is 61.6 Å². The Kier molecular flexibility index (Phi) is 9.97. The molecular formula is C36H36N2O5. The third-order valence-corrected chi connectivity index (χ3v) is 7.59. The lowest BCUT2D eigenvalue weighted by Crippen LogP contribution is -2.39. The van der Waals surface area contributed by atoms with Crippen LogP contribution in [0.1, 0.15) is 51.1 Å². The van der Waals surface area contributed by atoms with Crippen molar-refractivity contribution in [3.05, 3.63) is 131 Å². The molecule has 43 heavy (non-hydrogen) atoms. The van der Waals surface area contributed by atoms with E-state index in [4.69, 9.17) is 4.74 Å². The van der Waals surface area contributed by atoms with Crippen molar-refractivity contribution in [3.8, 4) is 5.75 Å². The van der Waals surface area contributed by atoms with Crippen LogP contribution < -0.4 is 15.4 Å². The van der Waals surface area contributed by atoms with Crippen LogP contribution in [0.15, 0.2) is 109 Å². The second kappa shape index (κ2) is 14.4. The average molecular weight is 577 g/mol. The number of ketones is 2. The number of carbonyl (C=O) groups is 3. The van der Waals surface area contributed by atoms with Gasteiger partial charge in [-0.3, -0.25) is 9.59 Å². The standard InChI is InChI=1S/C36H36N2O5/c39-34(27-10-3-1-4-11-27)30-14-7-8-15-31(30)38-32(36(41)42)24-25-16-20-29(21-17-25)43-23-9-22-37-33(26-18-19-26)35(40)28-12-5-2-6-13-28/h1-8,10-17,20-21,26,32-33,37-38H,9,18-19,22-24H2,(H,41,42). The smallest absolute Gasteiger partial charge is 0.326 e. The quantitative estimate of drug-likeness (QED) is 0.110. The molecule has 220 valence electrons. The Labute approximate surface area is 251 Å². The number of nitrogens with one attached hydrogen (secondary N) is 2. The van der Waals surface area contributed by atoms with Crippen LogP contribution in [-0.4, -0.2) is 47.9 Å². The minimum Gasteiger partial charge on any atom is -0.494 e. The molecule has 0 heterocycles. The number of hydrogen-bond donors (Lipinski definition) is 3. The van der Waals surface area contributed by atoms with E-state index in [0.29, 0.717) is 41.6 Å². The fraction of sp³-hybridized carbons (Fsp3) is 0.250. The molecule has 1 saturated carbocycles. The molecule has 2 unspecified atom stereocenters. The molecule has 2 atom stereocenters. The number of ether oxygens (including phenoxy) is 1. The zero-order valence-electron chi connectivity index (χ0n) is 23.9. The van der Waals surface area contributed by atoms with Crippen molar-refractivity contribution in [3.63, 3.8) is 0 Å². The maximum atomic E-state index is 13.1. The lowest BCUT2D eigenvalue weighted by molar-refractivity contribution is -0.137. The van der Waals surface area contributed by atoms with Gasteiger partial charge in [-0.2, -0.15) is 0 Å². The van der Waals surface area contributed by atoms with Crippen LogP contribution >= 0.6 is 0 Å². The summed E-state index contributed by atoms with van der Waals surface area (Å²) in [7, 11) is 0. The van der Waals surface area contributed by atoms with Crippen LogP contribution in [0.5, 0.6) is 5.75 Å². The van der Waals surface area contributed by atoms with Gasteiger partial charge in [0.25, 0.3) is 0 Å². The predicted molar refractivity (Wildman–Crippen MR) is 167 cm³/mol. The number of benzene rings is 4. The molecule has 7 nitrogen and oxygen atoms in total. The molecule has 1 aliphatic rings. The molecule has 0 aliphatic heterocycles. The summed E-state index contributed by atoms with van der Waals surface area (Å²) in [6.07, 6.45) is 3.13. The van der Waals surface area contributed by atoms with E-state index in [2.05, 4.69) is 10.6 Å². The fourth-order valence-electron chi connectivity index (χ4n) is 5.10. The lowest BCUT2D eigenvalue weighted by Gasteiger charge is -2.19. The number of aliphatic carboxylic acids is 1. The molecule has 4 aromatic rings. The number of carboxylic acid groups (broad SMARTS) is 1. The minimum absolute atomic E-state index is 0.152. The molecule has 0 saturated heterocycles. The van der Waals surface area contributed by atoms with Crippen LogP contribution in [0.3, 0.4) is 0 Å². The van der Waals surface area contributed by atoms with E-state index in [1.54, 1.807) is 48.5 Å². The maximum Gasteiger partial charge on any atom is 0.326 e. The van der Waals surface area contributed by atoms with E-state index in [-0.39, 0.29) is 24.0 Å². The van der Waals surface area contributed by atoms with E-state index in [0.717, 1.165) is 30.4 Å². The highest BCUT2D eigenvalue weighted by Gasteiger charge is 2.36. The Bertz CT molecular complexity index is 1520. The van der Waals surface area contributed by atoms with E-state index in [9.17, 15) is 19.5 Å². The largest absolute Gasteiger partial charge is 0.494 e. The summed E-state index contributed by atoms with van der Waals surface area (Å²) in [4.78, 5) is 38.1. The SMILES string of the molecule is O=C(c1ccccc1)c1ccccc1NC(Cc1ccc(OCCCNC(C(=O)c2ccccc2)C2CC2)cc1)C(=O)O. The summed E-state index contributed by atoms with van der Waals surface area (Å²) in [5.41, 5.74) is 3.01. The van der Waals surface area contributed by atoms with Crippen molar-refractivity contribution in [2.24, 2.45) is 5.92 Å². The number of anilines is 1. The average Bonchev–Trinajstić information content (AvgIpc) is 3.89. The molecule has 0 bridgehead atoms. The Balaban J connectivity index is 1.11. The van der Waals surface area contributed by atoms with Crippen LogP contribution in [0.4, 0.5) is 5.69 Å². The number of carboxylic acids is 1. The van der Waals surface area contributed by atoms with Crippen LogP contribution in [-0.2, 0) is 11.2 Å². The van der Waals surface area contributed by atoms with Crippen molar-refractivity contribution < 1.29 is 24.2 Å². The Morgan fingerprint density at radius 1 is 0.791 bits per heavy atom. The molecule has 5 rings (SSSR count). The van der Waals surface area contributed by atoms with Gasteiger partial charge in [0, 0.05) is 28.8 Å². The minimum atomic E-state index is -1.01. The molecule has 0 spiro atoms. The molecule has 3 N–H and O–H groups in total. The third-order valence-electron chi connectivity index (χ3n) is 7.59. The second-order valence-electron chi connectivity index (χ2n) is 10.8. The Morgan fingerprint density at radius 2 is 1.42 bits per heavy atom. The van der Waals surface area contributed by atoms with Gasteiger partial charge in [0.2, 0.25) is 0 Å². The van der Waals surface area contributed by atoms with Crippen molar-refractivity contribution in [2.75, 3.05) is 18.5 Å². The second-order valence-corrected chi connectivity index (χ2v) is 10.8. The summed E-state index contributed by atoms with van der Waals surface area (Å²) in [5, 5.41) is 16.4. The van der Waals surface area contributed by atoms with Gasteiger partial charge < -0.3 is 20.5 Å². The molecule has 1 aliphatic carbocycles. The topological polar surface area (TPSA) is 105 Å². The number of Topliss-reactive ketones (excluding diaryl/α,β-unsaturated/α-hetero) is 1.